The summed E-state index contributed by atoms with van der Waals surface area (Å²) in [5.41, 5.74) is 1.58. The Morgan fingerprint density at radius 2 is 1.81 bits per heavy atom. The van der Waals surface area contributed by atoms with Crippen LogP contribution in [0.15, 0.2) is 65.5 Å². The van der Waals surface area contributed by atoms with Gasteiger partial charge in [0.2, 0.25) is 0 Å². The SMILES string of the molecule is CN(C)Cc1ccccc1Oc1cccc(-c2c(O)c3c(Cl)cc(Cl)cc3[nH]c2=O)c1. The van der Waals surface area contributed by atoms with Crippen LogP contribution in [0.4, 0.5) is 0 Å². The quantitative estimate of drug-likeness (QED) is 0.384. The maximum absolute atomic E-state index is 12.8. The average molecular weight is 455 g/mol. The molecule has 0 atom stereocenters. The molecule has 5 nitrogen and oxygen atoms in total. The molecule has 2 N–H and O–H groups in total. The van der Waals surface area contributed by atoms with Gasteiger partial charge >= 0.3 is 0 Å². The van der Waals surface area contributed by atoms with Crippen molar-refractivity contribution in [3.8, 4) is 28.4 Å². The van der Waals surface area contributed by atoms with Crippen molar-refractivity contribution in [2.24, 2.45) is 0 Å². The summed E-state index contributed by atoms with van der Waals surface area (Å²) in [6.45, 7) is 0.724. The van der Waals surface area contributed by atoms with Crippen LogP contribution in [0.5, 0.6) is 17.2 Å². The number of nitrogens with zero attached hydrogens (tertiary/aromatic N) is 1. The van der Waals surface area contributed by atoms with Gasteiger partial charge in [-0.25, -0.2) is 0 Å². The molecule has 7 heteroatoms. The van der Waals surface area contributed by atoms with Gasteiger partial charge in [-0.2, -0.15) is 0 Å². The highest BCUT2D eigenvalue weighted by atomic mass is 35.5. The Bertz CT molecular complexity index is 1330. The van der Waals surface area contributed by atoms with Crippen LogP contribution in [0.3, 0.4) is 0 Å². The summed E-state index contributed by atoms with van der Waals surface area (Å²) in [6.07, 6.45) is 0. The smallest absolute Gasteiger partial charge is 0.260 e. The summed E-state index contributed by atoms with van der Waals surface area (Å²) < 4.78 is 6.12. The highest BCUT2D eigenvalue weighted by Gasteiger charge is 2.17. The minimum Gasteiger partial charge on any atom is -0.506 e. The molecule has 0 spiro atoms. The number of para-hydroxylation sites is 1. The molecule has 0 aliphatic carbocycles. The van der Waals surface area contributed by atoms with E-state index in [0.717, 1.165) is 17.9 Å². The molecule has 31 heavy (non-hydrogen) atoms. The van der Waals surface area contributed by atoms with E-state index in [4.69, 9.17) is 27.9 Å². The van der Waals surface area contributed by atoms with Crippen molar-refractivity contribution in [3.05, 3.63) is 86.6 Å². The molecule has 0 saturated carbocycles. The van der Waals surface area contributed by atoms with Crippen LogP contribution in [-0.4, -0.2) is 29.1 Å². The molecule has 3 aromatic carbocycles. The molecule has 0 amide bonds. The van der Waals surface area contributed by atoms with Crippen molar-refractivity contribution in [3.63, 3.8) is 0 Å². The Kier molecular flexibility index (Phi) is 5.92. The number of aromatic nitrogens is 1. The van der Waals surface area contributed by atoms with E-state index in [1.807, 2.05) is 38.4 Å². The molecule has 0 fully saturated rings. The highest BCUT2D eigenvalue weighted by Crippen LogP contribution is 2.38. The van der Waals surface area contributed by atoms with E-state index in [1.54, 1.807) is 30.3 Å². The topological polar surface area (TPSA) is 65.6 Å². The summed E-state index contributed by atoms with van der Waals surface area (Å²) in [7, 11) is 3.98. The van der Waals surface area contributed by atoms with Crippen LogP contribution in [0.2, 0.25) is 10.0 Å². The van der Waals surface area contributed by atoms with Crippen LogP contribution in [-0.2, 0) is 6.54 Å². The van der Waals surface area contributed by atoms with Crippen LogP contribution in [0.1, 0.15) is 5.56 Å². The van der Waals surface area contributed by atoms with Crippen molar-refractivity contribution in [1.29, 1.82) is 0 Å². The zero-order valence-electron chi connectivity index (χ0n) is 16.9. The van der Waals surface area contributed by atoms with Crippen LogP contribution < -0.4 is 10.3 Å². The van der Waals surface area contributed by atoms with E-state index in [0.29, 0.717) is 27.2 Å². The normalized spacial score (nSPS) is 11.3. The summed E-state index contributed by atoms with van der Waals surface area (Å²) in [4.78, 5) is 17.6. The van der Waals surface area contributed by atoms with Crippen molar-refractivity contribution in [2.45, 2.75) is 6.54 Å². The number of H-pyrrole nitrogens is 1. The summed E-state index contributed by atoms with van der Waals surface area (Å²) in [6, 6.07) is 17.9. The molecule has 4 rings (SSSR count). The molecule has 0 saturated heterocycles. The zero-order chi connectivity index (χ0) is 22.1. The Morgan fingerprint density at radius 3 is 2.58 bits per heavy atom. The van der Waals surface area contributed by atoms with Gasteiger partial charge in [0.05, 0.1) is 21.5 Å². The first-order valence-corrected chi connectivity index (χ1v) is 10.3. The lowest BCUT2D eigenvalue weighted by Crippen LogP contribution is -2.11. The lowest BCUT2D eigenvalue weighted by atomic mass is 10.0. The first kappa shape index (κ1) is 21.2. The molecule has 0 aliphatic rings. The maximum Gasteiger partial charge on any atom is 0.260 e. The molecule has 0 unspecified atom stereocenters. The van der Waals surface area contributed by atoms with Gasteiger partial charge in [0.1, 0.15) is 17.2 Å². The number of hydrogen-bond donors (Lipinski definition) is 2. The molecule has 1 aromatic heterocycles. The predicted molar refractivity (Wildman–Crippen MR) is 126 cm³/mol. The molecule has 4 aromatic rings. The maximum atomic E-state index is 12.8. The van der Waals surface area contributed by atoms with E-state index in [1.165, 1.54) is 6.07 Å². The number of benzene rings is 3. The van der Waals surface area contributed by atoms with Crippen LogP contribution in [0, 0.1) is 0 Å². The van der Waals surface area contributed by atoms with Crippen molar-refractivity contribution >= 4 is 34.1 Å². The van der Waals surface area contributed by atoms with Gasteiger partial charge in [0, 0.05) is 17.1 Å². The van der Waals surface area contributed by atoms with Crippen molar-refractivity contribution < 1.29 is 9.84 Å². The minimum absolute atomic E-state index is 0.115. The van der Waals surface area contributed by atoms with E-state index < -0.39 is 5.56 Å². The fraction of sp³-hybridized carbons (Fsp3) is 0.125. The van der Waals surface area contributed by atoms with Gasteiger partial charge in [0.25, 0.3) is 5.56 Å². The molecule has 0 radical (unpaired) electrons. The van der Waals surface area contributed by atoms with Gasteiger partial charge in [-0.1, -0.05) is 53.5 Å². The largest absolute Gasteiger partial charge is 0.506 e. The third-order valence-electron chi connectivity index (χ3n) is 4.81. The van der Waals surface area contributed by atoms with Crippen LogP contribution in [0.25, 0.3) is 22.0 Å². The standard InChI is InChI=1S/C24H20Cl2N2O3/c1-28(2)13-15-6-3-4-9-20(15)31-17-8-5-7-14(10-17)21-23(29)22-18(26)11-16(25)12-19(22)27-24(21)30/h3-12H,13H2,1-2H3,(H2,27,29,30). The number of nitrogens with one attached hydrogen (secondary N) is 1. The molecular weight excluding hydrogens is 435 g/mol. The molecule has 0 bridgehead atoms. The number of halogens is 2. The van der Waals surface area contributed by atoms with Gasteiger partial charge in [-0.05, 0) is 50.0 Å². The monoisotopic (exact) mass is 454 g/mol. The first-order valence-electron chi connectivity index (χ1n) is 9.58. The van der Waals surface area contributed by atoms with Crippen LogP contribution >= 0.6 is 23.2 Å². The van der Waals surface area contributed by atoms with Gasteiger partial charge in [-0.15, -0.1) is 0 Å². The van der Waals surface area contributed by atoms with E-state index in [9.17, 15) is 9.90 Å². The number of aromatic amines is 1. The highest BCUT2D eigenvalue weighted by molar-refractivity contribution is 6.39. The number of ether oxygens (including phenoxy) is 1. The third-order valence-corrected chi connectivity index (χ3v) is 5.33. The Morgan fingerprint density at radius 1 is 1.03 bits per heavy atom. The predicted octanol–water partition coefficient (Wildman–Crippen LogP) is 6.06. The Hall–Kier alpha value is -2.99. The second kappa shape index (κ2) is 8.63. The van der Waals surface area contributed by atoms with Crippen molar-refractivity contribution in [1.82, 2.24) is 9.88 Å². The second-order valence-corrected chi connectivity index (χ2v) is 8.31. The number of pyridine rings is 1. The number of fused-ring (bicyclic) bond motifs is 1. The van der Waals surface area contributed by atoms with E-state index in [-0.39, 0.29) is 16.3 Å². The summed E-state index contributed by atoms with van der Waals surface area (Å²) >= 11 is 12.3. The van der Waals surface area contributed by atoms with Gasteiger partial charge < -0.3 is 19.7 Å². The number of rotatable bonds is 5. The fourth-order valence-corrected chi connectivity index (χ4v) is 4.10. The summed E-state index contributed by atoms with van der Waals surface area (Å²) in [5, 5.41) is 11.8. The average Bonchev–Trinajstić information content (AvgIpc) is 2.68. The summed E-state index contributed by atoms with van der Waals surface area (Å²) in [5.74, 6) is 1.07. The number of hydrogen-bond acceptors (Lipinski definition) is 4. The zero-order valence-corrected chi connectivity index (χ0v) is 18.5. The Labute approximate surface area is 189 Å². The van der Waals surface area contributed by atoms with E-state index >= 15 is 0 Å². The van der Waals surface area contributed by atoms with Crippen molar-refractivity contribution in [2.75, 3.05) is 14.1 Å². The fourth-order valence-electron chi connectivity index (χ4n) is 3.51. The first-order chi connectivity index (χ1) is 14.8. The molecule has 158 valence electrons. The second-order valence-electron chi connectivity index (χ2n) is 7.46. The van der Waals surface area contributed by atoms with Gasteiger partial charge in [-0.3, -0.25) is 4.79 Å². The molecule has 0 aliphatic heterocycles. The molecule has 1 heterocycles. The van der Waals surface area contributed by atoms with E-state index in [2.05, 4.69) is 9.88 Å². The third kappa shape index (κ3) is 4.39. The molecular formula is C24H20Cl2N2O3. The minimum atomic E-state index is -0.450. The Balaban J connectivity index is 1.78. The lowest BCUT2D eigenvalue weighted by molar-refractivity contribution is 0.388. The number of aromatic hydroxyl groups is 1. The van der Waals surface area contributed by atoms with Gasteiger partial charge in [0.15, 0.2) is 0 Å². The lowest BCUT2D eigenvalue weighted by Gasteiger charge is -2.15.